The lowest BCUT2D eigenvalue weighted by molar-refractivity contribution is -0.141. The average Bonchev–Trinajstić information content (AvgIpc) is 3.26. The number of ether oxygens (including phenoxy) is 1. The quantitative estimate of drug-likeness (QED) is 0.255. The minimum atomic E-state index is -4.49. The third-order valence-electron chi connectivity index (χ3n) is 6.00. The van der Waals surface area contributed by atoms with Crippen LogP contribution in [0, 0.1) is 6.92 Å². The normalized spacial score (nSPS) is 11.7. The van der Waals surface area contributed by atoms with Crippen LogP contribution in [0.25, 0.3) is 27.9 Å². The van der Waals surface area contributed by atoms with Gasteiger partial charge in [0.1, 0.15) is 17.3 Å². The van der Waals surface area contributed by atoms with Crippen molar-refractivity contribution < 1.29 is 17.9 Å². The van der Waals surface area contributed by atoms with Crippen LogP contribution in [0.3, 0.4) is 0 Å². The van der Waals surface area contributed by atoms with Gasteiger partial charge in [-0.2, -0.15) is 13.2 Å². The predicted molar refractivity (Wildman–Crippen MR) is 132 cm³/mol. The third-order valence-corrected chi connectivity index (χ3v) is 6.25. The van der Waals surface area contributed by atoms with Gasteiger partial charge in [-0.3, -0.25) is 4.40 Å². The van der Waals surface area contributed by atoms with Crippen molar-refractivity contribution in [3.05, 3.63) is 101 Å². The Kier molecular flexibility index (Phi) is 6.14. The molecular formula is C27H20ClF3N4O. The smallest absolute Gasteiger partial charge is 0.433 e. The summed E-state index contributed by atoms with van der Waals surface area (Å²) < 4.78 is 46.6. The highest BCUT2D eigenvalue weighted by Crippen LogP contribution is 2.38. The molecule has 0 amide bonds. The molecule has 0 aliphatic heterocycles. The standard InChI is InChI=1S/C27H20ClF3N4O/c1-16-18(9-12-24(32-16)27(29,30)31)13-25-33-34-26-14-21(17-7-10-19(28)11-8-17)22(15-35(25)26)20-5-3-4-6-23(20)36-2/h3-12,14-15H,13H2,1-2H3. The van der Waals surface area contributed by atoms with Gasteiger partial charge in [0.25, 0.3) is 0 Å². The summed E-state index contributed by atoms with van der Waals surface area (Å²) in [4.78, 5) is 3.74. The number of halogens is 4. The van der Waals surface area contributed by atoms with Crippen LogP contribution in [0.15, 0.2) is 72.9 Å². The highest BCUT2D eigenvalue weighted by molar-refractivity contribution is 6.30. The van der Waals surface area contributed by atoms with Crippen molar-refractivity contribution in [2.45, 2.75) is 19.5 Å². The Morgan fingerprint density at radius 3 is 2.36 bits per heavy atom. The van der Waals surface area contributed by atoms with E-state index in [1.54, 1.807) is 14.0 Å². The van der Waals surface area contributed by atoms with E-state index in [0.29, 0.717) is 33.5 Å². The molecule has 0 saturated heterocycles. The van der Waals surface area contributed by atoms with Crippen LogP contribution in [0.2, 0.25) is 5.02 Å². The van der Waals surface area contributed by atoms with E-state index >= 15 is 0 Å². The second-order valence-corrected chi connectivity index (χ2v) is 8.70. The predicted octanol–water partition coefficient (Wildman–Crippen LogP) is 7.04. The van der Waals surface area contributed by atoms with Gasteiger partial charge in [-0.15, -0.1) is 10.2 Å². The summed E-state index contributed by atoms with van der Waals surface area (Å²) in [5.74, 6) is 1.28. The van der Waals surface area contributed by atoms with Crippen molar-refractivity contribution in [3.63, 3.8) is 0 Å². The fraction of sp³-hybridized carbons (Fsp3) is 0.148. The topological polar surface area (TPSA) is 52.3 Å². The van der Waals surface area contributed by atoms with E-state index in [9.17, 15) is 13.2 Å². The molecule has 0 bridgehead atoms. The summed E-state index contributed by atoms with van der Waals surface area (Å²) in [7, 11) is 1.61. The summed E-state index contributed by atoms with van der Waals surface area (Å²) >= 11 is 6.11. The molecule has 5 rings (SSSR count). The van der Waals surface area contributed by atoms with Gasteiger partial charge in [0.15, 0.2) is 5.65 Å². The molecule has 0 N–H and O–H groups in total. The number of pyridine rings is 2. The number of aryl methyl sites for hydroxylation is 1. The molecule has 0 radical (unpaired) electrons. The largest absolute Gasteiger partial charge is 0.496 e. The summed E-state index contributed by atoms with van der Waals surface area (Å²) in [6.07, 6.45) is -2.30. The molecule has 0 fully saturated rings. The number of aromatic nitrogens is 4. The summed E-state index contributed by atoms with van der Waals surface area (Å²) in [5, 5.41) is 9.31. The lowest BCUT2D eigenvalue weighted by Gasteiger charge is -2.15. The third kappa shape index (κ3) is 4.52. The molecule has 3 heterocycles. The number of nitrogens with zero attached hydrogens (tertiary/aromatic N) is 4. The number of methoxy groups -OCH3 is 1. The van der Waals surface area contributed by atoms with Crippen LogP contribution in [0.4, 0.5) is 13.2 Å². The van der Waals surface area contributed by atoms with Crippen molar-refractivity contribution in [2.75, 3.05) is 7.11 Å². The van der Waals surface area contributed by atoms with E-state index in [1.165, 1.54) is 6.07 Å². The number of fused-ring (bicyclic) bond motifs is 1. The number of benzene rings is 2. The maximum Gasteiger partial charge on any atom is 0.433 e. The Balaban J connectivity index is 1.65. The molecule has 5 nitrogen and oxygen atoms in total. The highest BCUT2D eigenvalue weighted by atomic mass is 35.5. The average molecular weight is 509 g/mol. The van der Waals surface area contributed by atoms with Gasteiger partial charge < -0.3 is 4.74 Å². The molecule has 0 aliphatic rings. The number of hydrogen-bond donors (Lipinski definition) is 0. The van der Waals surface area contributed by atoms with E-state index in [1.807, 2.05) is 65.2 Å². The zero-order valence-corrected chi connectivity index (χ0v) is 20.1. The minimum Gasteiger partial charge on any atom is -0.496 e. The zero-order chi connectivity index (χ0) is 25.4. The van der Waals surface area contributed by atoms with Crippen LogP contribution in [0.1, 0.15) is 22.8 Å². The van der Waals surface area contributed by atoms with Gasteiger partial charge >= 0.3 is 6.18 Å². The van der Waals surface area contributed by atoms with Crippen molar-refractivity contribution in [1.82, 2.24) is 19.6 Å². The molecule has 0 spiro atoms. The first-order chi connectivity index (χ1) is 17.2. The van der Waals surface area contributed by atoms with E-state index in [4.69, 9.17) is 16.3 Å². The lowest BCUT2D eigenvalue weighted by Crippen LogP contribution is -2.10. The molecule has 9 heteroatoms. The SMILES string of the molecule is COc1ccccc1-c1cn2c(Cc3ccc(C(F)(F)F)nc3C)nnc2cc1-c1ccc(Cl)cc1. The fourth-order valence-electron chi connectivity index (χ4n) is 4.16. The van der Waals surface area contributed by atoms with Crippen molar-refractivity contribution in [3.8, 4) is 28.0 Å². The van der Waals surface area contributed by atoms with Crippen LogP contribution in [-0.2, 0) is 12.6 Å². The van der Waals surface area contributed by atoms with Gasteiger partial charge in [0.05, 0.1) is 7.11 Å². The van der Waals surface area contributed by atoms with Gasteiger partial charge in [0, 0.05) is 34.5 Å². The molecule has 5 aromatic rings. The van der Waals surface area contributed by atoms with Gasteiger partial charge in [0.2, 0.25) is 0 Å². The zero-order valence-electron chi connectivity index (χ0n) is 19.3. The highest BCUT2D eigenvalue weighted by Gasteiger charge is 2.32. The molecule has 0 unspecified atom stereocenters. The van der Waals surface area contributed by atoms with E-state index < -0.39 is 11.9 Å². The Bertz CT molecular complexity index is 1560. The maximum absolute atomic E-state index is 13.0. The van der Waals surface area contributed by atoms with E-state index in [2.05, 4.69) is 15.2 Å². The fourth-order valence-corrected chi connectivity index (χ4v) is 4.28. The van der Waals surface area contributed by atoms with Crippen LogP contribution in [-0.4, -0.2) is 26.7 Å². The van der Waals surface area contributed by atoms with E-state index in [-0.39, 0.29) is 6.42 Å². The first kappa shape index (κ1) is 23.8. The Labute approximate surface area is 210 Å². The molecule has 2 aromatic carbocycles. The number of hydrogen-bond acceptors (Lipinski definition) is 4. The molecule has 0 atom stereocenters. The Morgan fingerprint density at radius 1 is 0.917 bits per heavy atom. The summed E-state index contributed by atoms with van der Waals surface area (Å²) in [5.41, 5.74) is 4.23. The first-order valence-corrected chi connectivity index (χ1v) is 11.4. The molecule has 0 saturated carbocycles. The monoisotopic (exact) mass is 508 g/mol. The van der Waals surface area contributed by atoms with Gasteiger partial charge in [-0.25, -0.2) is 4.98 Å². The van der Waals surface area contributed by atoms with Crippen molar-refractivity contribution >= 4 is 17.2 Å². The second kappa shape index (κ2) is 9.28. The molecule has 0 aliphatic carbocycles. The molecular weight excluding hydrogens is 489 g/mol. The Hall–Kier alpha value is -3.91. The first-order valence-electron chi connectivity index (χ1n) is 11.1. The molecule has 3 aromatic heterocycles. The number of alkyl halides is 3. The Morgan fingerprint density at radius 2 is 1.67 bits per heavy atom. The van der Waals surface area contributed by atoms with Crippen molar-refractivity contribution in [2.24, 2.45) is 0 Å². The lowest BCUT2D eigenvalue weighted by atomic mass is 9.95. The van der Waals surface area contributed by atoms with Gasteiger partial charge in [-0.05, 0) is 53.9 Å². The molecule has 36 heavy (non-hydrogen) atoms. The van der Waals surface area contributed by atoms with Gasteiger partial charge in [-0.1, -0.05) is 48.0 Å². The van der Waals surface area contributed by atoms with Crippen LogP contribution in [0.5, 0.6) is 5.75 Å². The van der Waals surface area contributed by atoms with E-state index in [0.717, 1.165) is 28.3 Å². The van der Waals surface area contributed by atoms with Crippen molar-refractivity contribution in [1.29, 1.82) is 0 Å². The number of para-hydroxylation sites is 1. The maximum atomic E-state index is 13.0. The summed E-state index contributed by atoms with van der Waals surface area (Å²) in [6.45, 7) is 1.56. The number of rotatable bonds is 5. The minimum absolute atomic E-state index is 0.268. The summed E-state index contributed by atoms with van der Waals surface area (Å²) in [6, 6.07) is 19.5. The van der Waals surface area contributed by atoms with Crippen LogP contribution < -0.4 is 4.74 Å². The molecule has 182 valence electrons. The van der Waals surface area contributed by atoms with Crippen LogP contribution >= 0.6 is 11.6 Å². The second-order valence-electron chi connectivity index (χ2n) is 8.27.